The van der Waals surface area contributed by atoms with Crippen LogP contribution in [-0.2, 0) is 5.41 Å². The third kappa shape index (κ3) is 2.20. The molecule has 0 unspecified atom stereocenters. The number of hydrogen-bond donors (Lipinski definition) is 1. The van der Waals surface area contributed by atoms with Crippen molar-refractivity contribution in [1.29, 1.82) is 0 Å². The van der Waals surface area contributed by atoms with Gasteiger partial charge in [0.2, 0.25) is 0 Å². The van der Waals surface area contributed by atoms with Gasteiger partial charge in [-0.05, 0) is 38.5 Å². The van der Waals surface area contributed by atoms with E-state index in [9.17, 15) is 0 Å². The van der Waals surface area contributed by atoms with E-state index in [4.69, 9.17) is 5.11 Å². The molecule has 2 atom stereocenters. The van der Waals surface area contributed by atoms with Crippen LogP contribution >= 0.6 is 0 Å². The summed E-state index contributed by atoms with van der Waals surface area (Å²) >= 11 is 0. The lowest BCUT2D eigenvalue weighted by Crippen LogP contribution is -2.55. The number of likely N-dealkylation sites (N-methyl/N-ethyl adjacent to an activating group) is 1. The number of fused-ring (bicyclic) bond motifs is 1. The minimum absolute atomic E-state index is 0.273. The highest BCUT2D eigenvalue weighted by molar-refractivity contribution is 5.31. The maximum atomic E-state index is 9.15. The molecule has 2 aliphatic rings. The summed E-state index contributed by atoms with van der Waals surface area (Å²) in [5.41, 5.74) is 1.84. The van der Waals surface area contributed by atoms with E-state index in [1.54, 1.807) is 0 Å². The second-order valence-corrected chi connectivity index (χ2v) is 6.04. The van der Waals surface area contributed by atoms with Crippen LogP contribution in [0.4, 0.5) is 0 Å². The summed E-state index contributed by atoms with van der Waals surface area (Å²) in [6.45, 7) is 4.47. The maximum absolute atomic E-state index is 9.15. The summed E-state index contributed by atoms with van der Waals surface area (Å²) in [5.74, 6) is 0. The summed E-state index contributed by atoms with van der Waals surface area (Å²) in [6.07, 6.45) is 2.48. The first-order valence-corrected chi connectivity index (χ1v) is 7.35. The van der Waals surface area contributed by atoms with Gasteiger partial charge in [0, 0.05) is 24.5 Å². The Morgan fingerprint density at radius 2 is 1.95 bits per heavy atom. The molecule has 2 heterocycles. The van der Waals surface area contributed by atoms with Crippen molar-refractivity contribution in [2.75, 3.05) is 39.8 Å². The molecule has 2 aliphatic heterocycles. The lowest BCUT2D eigenvalue weighted by molar-refractivity contribution is 0.0824. The standard InChI is InChI=1S/C16H24N2O/c1-17-9-7-16(14-5-3-2-4-6-14)8-10-18(11-12-19)13-15(16)17/h2-6,15,19H,7-13H2,1H3/t15-,16-/m1/s1. The second kappa shape index (κ2) is 5.23. The van der Waals surface area contributed by atoms with Crippen molar-refractivity contribution in [2.45, 2.75) is 24.3 Å². The Kier molecular flexibility index (Phi) is 3.61. The molecule has 0 spiro atoms. The molecular formula is C16H24N2O. The molecule has 2 fully saturated rings. The molecule has 0 bridgehead atoms. The fourth-order valence-electron chi connectivity index (χ4n) is 4.02. The fraction of sp³-hybridized carbons (Fsp3) is 0.625. The second-order valence-electron chi connectivity index (χ2n) is 6.04. The van der Waals surface area contributed by atoms with E-state index in [1.165, 1.54) is 24.9 Å². The largest absolute Gasteiger partial charge is 0.395 e. The summed E-state index contributed by atoms with van der Waals surface area (Å²) < 4.78 is 0. The number of piperidine rings is 1. The fourth-order valence-corrected chi connectivity index (χ4v) is 4.02. The van der Waals surface area contributed by atoms with E-state index in [0.717, 1.165) is 19.6 Å². The van der Waals surface area contributed by atoms with Crippen molar-refractivity contribution < 1.29 is 5.11 Å². The Labute approximate surface area is 115 Å². The van der Waals surface area contributed by atoms with E-state index in [1.807, 2.05) is 0 Å². The van der Waals surface area contributed by atoms with Crippen molar-refractivity contribution >= 4 is 0 Å². The Hall–Kier alpha value is -0.900. The van der Waals surface area contributed by atoms with Crippen LogP contribution in [0.1, 0.15) is 18.4 Å². The molecule has 1 N–H and O–H groups in total. The Morgan fingerprint density at radius 1 is 1.21 bits per heavy atom. The number of aliphatic hydroxyl groups is 1. The van der Waals surface area contributed by atoms with E-state index >= 15 is 0 Å². The van der Waals surface area contributed by atoms with E-state index in [2.05, 4.69) is 47.2 Å². The van der Waals surface area contributed by atoms with Gasteiger partial charge in [0.25, 0.3) is 0 Å². The minimum atomic E-state index is 0.273. The van der Waals surface area contributed by atoms with E-state index in [0.29, 0.717) is 11.5 Å². The molecule has 2 saturated heterocycles. The Balaban J connectivity index is 1.88. The normalized spacial score (nSPS) is 32.4. The zero-order valence-electron chi connectivity index (χ0n) is 11.8. The molecule has 0 aromatic heterocycles. The lowest BCUT2D eigenvalue weighted by Gasteiger charge is -2.46. The molecule has 1 aromatic carbocycles. The summed E-state index contributed by atoms with van der Waals surface area (Å²) in [5, 5.41) is 9.15. The van der Waals surface area contributed by atoms with Gasteiger partial charge in [-0.2, -0.15) is 0 Å². The summed E-state index contributed by atoms with van der Waals surface area (Å²) in [4.78, 5) is 4.92. The van der Waals surface area contributed by atoms with Gasteiger partial charge in [0.1, 0.15) is 0 Å². The third-order valence-electron chi connectivity index (χ3n) is 5.15. The van der Waals surface area contributed by atoms with Gasteiger partial charge < -0.3 is 10.0 Å². The van der Waals surface area contributed by atoms with Crippen LogP contribution in [0.15, 0.2) is 30.3 Å². The van der Waals surface area contributed by atoms with Crippen LogP contribution in [0.25, 0.3) is 0 Å². The van der Waals surface area contributed by atoms with Gasteiger partial charge >= 0.3 is 0 Å². The molecular weight excluding hydrogens is 236 g/mol. The molecule has 1 aromatic rings. The molecule has 3 rings (SSSR count). The topological polar surface area (TPSA) is 26.7 Å². The number of rotatable bonds is 3. The van der Waals surface area contributed by atoms with Crippen molar-refractivity contribution in [3.8, 4) is 0 Å². The van der Waals surface area contributed by atoms with Crippen molar-refractivity contribution in [2.24, 2.45) is 0 Å². The first-order valence-electron chi connectivity index (χ1n) is 7.35. The average Bonchev–Trinajstić information content (AvgIpc) is 2.79. The van der Waals surface area contributed by atoms with E-state index in [-0.39, 0.29) is 6.61 Å². The first-order chi connectivity index (χ1) is 9.26. The SMILES string of the molecule is CN1CC[C@]2(c3ccccc3)CCN(CCO)C[C@@H]12. The highest BCUT2D eigenvalue weighted by atomic mass is 16.3. The van der Waals surface area contributed by atoms with Crippen LogP contribution in [0.3, 0.4) is 0 Å². The highest BCUT2D eigenvalue weighted by Gasteiger charge is 2.49. The average molecular weight is 260 g/mol. The number of β-amino-alcohol motifs (C(OH)–C–C–N with tert-alkyl or cyclic N) is 1. The molecule has 3 nitrogen and oxygen atoms in total. The number of hydrogen-bond acceptors (Lipinski definition) is 3. The summed E-state index contributed by atoms with van der Waals surface area (Å²) in [7, 11) is 2.25. The van der Waals surface area contributed by atoms with E-state index < -0.39 is 0 Å². The monoisotopic (exact) mass is 260 g/mol. The summed E-state index contributed by atoms with van der Waals surface area (Å²) in [6, 6.07) is 11.6. The van der Waals surface area contributed by atoms with Crippen molar-refractivity contribution in [1.82, 2.24) is 9.80 Å². The van der Waals surface area contributed by atoms with Crippen LogP contribution in [0.5, 0.6) is 0 Å². The maximum Gasteiger partial charge on any atom is 0.0558 e. The molecule has 104 valence electrons. The third-order valence-corrected chi connectivity index (χ3v) is 5.15. The first kappa shape index (κ1) is 13.1. The zero-order valence-corrected chi connectivity index (χ0v) is 11.8. The number of nitrogens with zero attached hydrogens (tertiary/aromatic N) is 2. The van der Waals surface area contributed by atoms with Crippen molar-refractivity contribution in [3.05, 3.63) is 35.9 Å². The van der Waals surface area contributed by atoms with Gasteiger partial charge in [0.15, 0.2) is 0 Å². The number of likely N-dealkylation sites (tertiary alicyclic amines) is 2. The minimum Gasteiger partial charge on any atom is -0.395 e. The lowest BCUT2D eigenvalue weighted by atomic mass is 9.69. The van der Waals surface area contributed by atoms with Gasteiger partial charge in [-0.1, -0.05) is 30.3 Å². The number of benzene rings is 1. The quantitative estimate of drug-likeness (QED) is 0.888. The highest BCUT2D eigenvalue weighted by Crippen LogP contribution is 2.44. The Morgan fingerprint density at radius 3 is 2.68 bits per heavy atom. The van der Waals surface area contributed by atoms with Gasteiger partial charge in [-0.15, -0.1) is 0 Å². The molecule has 0 saturated carbocycles. The predicted octanol–water partition coefficient (Wildman–Crippen LogP) is 1.33. The van der Waals surface area contributed by atoms with Crippen LogP contribution < -0.4 is 0 Å². The molecule has 0 aliphatic carbocycles. The van der Waals surface area contributed by atoms with Crippen LogP contribution in [0, 0.1) is 0 Å². The zero-order chi connectivity index (χ0) is 13.3. The Bertz CT molecular complexity index is 422. The van der Waals surface area contributed by atoms with Crippen LogP contribution in [0.2, 0.25) is 0 Å². The number of aliphatic hydroxyl groups excluding tert-OH is 1. The molecule has 19 heavy (non-hydrogen) atoms. The predicted molar refractivity (Wildman–Crippen MR) is 77.3 cm³/mol. The molecule has 3 heteroatoms. The van der Waals surface area contributed by atoms with Gasteiger partial charge in [-0.25, -0.2) is 0 Å². The van der Waals surface area contributed by atoms with Crippen molar-refractivity contribution in [3.63, 3.8) is 0 Å². The smallest absolute Gasteiger partial charge is 0.0558 e. The van der Waals surface area contributed by atoms with Gasteiger partial charge in [-0.3, -0.25) is 4.90 Å². The van der Waals surface area contributed by atoms with Gasteiger partial charge in [0.05, 0.1) is 6.61 Å². The molecule has 0 amide bonds. The van der Waals surface area contributed by atoms with Crippen LogP contribution in [-0.4, -0.2) is 60.8 Å². The molecule has 0 radical (unpaired) electrons.